The van der Waals surface area contributed by atoms with Gasteiger partial charge in [0.2, 0.25) is 0 Å². The number of aromatic nitrogens is 2. The zero-order valence-electron chi connectivity index (χ0n) is 6.70. The second-order valence-corrected chi connectivity index (χ2v) is 2.19. The van der Waals surface area contributed by atoms with E-state index in [4.69, 9.17) is 0 Å². The standard InChI is InChI=1S/C9H12N2/c1-3-5-7-11-8-6-10-9(11)4-2/h4-8H,2-3H2,1H3. The second kappa shape index (κ2) is 3.76. The van der Waals surface area contributed by atoms with Gasteiger partial charge in [-0.2, -0.15) is 0 Å². The largest absolute Gasteiger partial charge is 0.307 e. The summed E-state index contributed by atoms with van der Waals surface area (Å²) >= 11 is 0. The van der Waals surface area contributed by atoms with Crippen LogP contribution in [0.2, 0.25) is 0 Å². The second-order valence-electron chi connectivity index (χ2n) is 2.19. The summed E-state index contributed by atoms with van der Waals surface area (Å²) in [7, 11) is 0. The zero-order valence-corrected chi connectivity index (χ0v) is 6.70. The van der Waals surface area contributed by atoms with Gasteiger partial charge in [-0.1, -0.05) is 19.6 Å². The molecule has 2 heteroatoms. The minimum Gasteiger partial charge on any atom is -0.307 e. The van der Waals surface area contributed by atoms with Gasteiger partial charge >= 0.3 is 0 Å². The molecule has 0 spiro atoms. The predicted octanol–water partition coefficient (Wildman–Crippen LogP) is 2.41. The van der Waals surface area contributed by atoms with Gasteiger partial charge in [-0.15, -0.1) is 0 Å². The first kappa shape index (κ1) is 7.79. The lowest BCUT2D eigenvalue weighted by Gasteiger charge is -1.94. The fraction of sp³-hybridized carbons (Fsp3) is 0.222. The van der Waals surface area contributed by atoms with Crippen LogP contribution in [0.25, 0.3) is 12.3 Å². The summed E-state index contributed by atoms with van der Waals surface area (Å²) in [6.07, 6.45) is 10.5. The molecular formula is C9H12N2. The maximum absolute atomic E-state index is 4.08. The topological polar surface area (TPSA) is 17.8 Å². The number of imidazole rings is 1. The first-order valence-electron chi connectivity index (χ1n) is 3.70. The van der Waals surface area contributed by atoms with Gasteiger partial charge in [0.25, 0.3) is 0 Å². The Morgan fingerprint density at radius 2 is 2.55 bits per heavy atom. The number of hydrogen-bond donors (Lipinski definition) is 0. The fourth-order valence-electron chi connectivity index (χ4n) is 0.828. The van der Waals surface area contributed by atoms with E-state index < -0.39 is 0 Å². The van der Waals surface area contributed by atoms with Gasteiger partial charge in [-0.3, -0.25) is 0 Å². The Bertz CT molecular complexity index is 258. The van der Waals surface area contributed by atoms with Crippen LogP contribution in [0, 0.1) is 0 Å². The van der Waals surface area contributed by atoms with Crippen molar-refractivity contribution >= 4 is 12.3 Å². The first-order valence-corrected chi connectivity index (χ1v) is 3.70. The van der Waals surface area contributed by atoms with Crippen LogP contribution in [0.1, 0.15) is 19.2 Å². The third kappa shape index (κ3) is 1.80. The van der Waals surface area contributed by atoms with E-state index in [-0.39, 0.29) is 0 Å². The molecule has 0 saturated heterocycles. The molecule has 0 bridgehead atoms. The fourth-order valence-corrected chi connectivity index (χ4v) is 0.828. The molecule has 1 rings (SSSR count). The molecule has 2 nitrogen and oxygen atoms in total. The summed E-state index contributed by atoms with van der Waals surface area (Å²) in [4.78, 5) is 4.08. The number of rotatable bonds is 3. The van der Waals surface area contributed by atoms with Crippen molar-refractivity contribution in [3.05, 3.63) is 30.9 Å². The summed E-state index contributed by atoms with van der Waals surface area (Å²) in [5.41, 5.74) is 0. The maximum Gasteiger partial charge on any atom is 0.136 e. The van der Waals surface area contributed by atoms with Crippen molar-refractivity contribution in [1.29, 1.82) is 0 Å². The van der Waals surface area contributed by atoms with Crippen LogP contribution < -0.4 is 0 Å². The van der Waals surface area contributed by atoms with E-state index >= 15 is 0 Å². The molecule has 0 atom stereocenters. The highest BCUT2D eigenvalue weighted by Gasteiger charge is 1.90. The molecule has 0 radical (unpaired) electrons. The van der Waals surface area contributed by atoms with Gasteiger partial charge in [-0.25, -0.2) is 4.98 Å². The van der Waals surface area contributed by atoms with Gasteiger partial charge in [0.05, 0.1) is 0 Å². The first-order chi connectivity index (χ1) is 5.38. The monoisotopic (exact) mass is 148 g/mol. The van der Waals surface area contributed by atoms with Crippen molar-refractivity contribution < 1.29 is 0 Å². The third-order valence-electron chi connectivity index (χ3n) is 1.38. The molecule has 0 unspecified atom stereocenters. The highest BCUT2D eigenvalue weighted by atomic mass is 15.0. The van der Waals surface area contributed by atoms with Crippen molar-refractivity contribution in [2.45, 2.75) is 13.3 Å². The molecule has 0 aliphatic rings. The summed E-state index contributed by atoms with van der Waals surface area (Å²) in [5.74, 6) is 0.884. The van der Waals surface area contributed by atoms with Crippen molar-refractivity contribution in [2.75, 3.05) is 0 Å². The Kier molecular flexibility index (Phi) is 2.66. The van der Waals surface area contributed by atoms with Crippen LogP contribution in [-0.2, 0) is 0 Å². The quantitative estimate of drug-likeness (QED) is 0.643. The number of nitrogens with zero attached hydrogens (tertiary/aromatic N) is 2. The van der Waals surface area contributed by atoms with Crippen LogP contribution in [0.4, 0.5) is 0 Å². The molecule has 1 aromatic rings. The lowest BCUT2D eigenvalue weighted by Crippen LogP contribution is -1.86. The highest BCUT2D eigenvalue weighted by molar-refractivity contribution is 5.42. The van der Waals surface area contributed by atoms with E-state index in [0.29, 0.717) is 0 Å². The summed E-state index contributed by atoms with van der Waals surface area (Å²) < 4.78 is 1.94. The van der Waals surface area contributed by atoms with Crippen LogP contribution in [-0.4, -0.2) is 9.55 Å². The molecule has 0 saturated carbocycles. The average Bonchev–Trinajstić information content (AvgIpc) is 2.47. The van der Waals surface area contributed by atoms with Crippen LogP contribution in [0.3, 0.4) is 0 Å². The minimum atomic E-state index is 0.884. The van der Waals surface area contributed by atoms with Gasteiger partial charge in [-0.05, 0) is 12.5 Å². The summed E-state index contributed by atoms with van der Waals surface area (Å²) in [6, 6.07) is 0. The molecule has 0 fully saturated rings. The Labute approximate surface area is 66.9 Å². The smallest absolute Gasteiger partial charge is 0.136 e. The molecule has 0 aromatic carbocycles. The zero-order chi connectivity index (χ0) is 8.10. The molecule has 0 aliphatic heterocycles. The molecular weight excluding hydrogens is 136 g/mol. The molecule has 1 aromatic heterocycles. The molecule has 0 N–H and O–H groups in total. The maximum atomic E-state index is 4.08. The Morgan fingerprint density at radius 1 is 1.73 bits per heavy atom. The lowest BCUT2D eigenvalue weighted by molar-refractivity contribution is 1.09. The lowest BCUT2D eigenvalue weighted by atomic mass is 10.4. The molecule has 0 aliphatic carbocycles. The number of hydrogen-bond acceptors (Lipinski definition) is 1. The van der Waals surface area contributed by atoms with Crippen LogP contribution in [0.15, 0.2) is 25.0 Å². The highest BCUT2D eigenvalue weighted by Crippen LogP contribution is 1.99. The molecule has 11 heavy (non-hydrogen) atoms. The molecule has 0 amide bonds. The SMILES string of the molecule is C=Cc1nccn1C=CCC. The predicted molar refractivity (Wildman–Crippen MR) is 47.9 cm³/mol. The van der Waals surface area contributed by atoms with Gasteiger partial charge in [0.1, 0.15) is 5.82 Å². The van der Waals surface area contributed by atoms with E-state index in [2.05, 4.69) is 24.6 Å². The summed E-state index contributed by atoms with van der Waals surface area (Å²) in [6.45, 7) is 5.75. The van der Waals surface area contributed by atoms with Gasteiger partial charge in [0, 0.05) is 18.6 Å². The normalized spacial score (nSPS) is 10.6. The Hall–Kier alpha value is -1.31. The third-order valence-corrected chi connectivity index (χ3v) is 1.38. The minimum absolute atomic E-state index is 0.884. The molecule has 1 heterocycles. The van der Waals surface area contributed by atoms with Crippen molar-refractivity contribution in [1.82, 2.24) is 9.55 Å². The summed E-state index contributed by atoms with van der Waals surface area (Å²) in [5, 5.41) is 0. The Morgan fingerprint density at radius 3 is 3.18 bits per heavy atom. The van der Waals surface area contributed by atoms with E-state index in [1.807, 2.05) is 17.0 Å². The number of allylic oxidation sites excluding steroid dienone is 1. The average molecular weight is 148 g/mol. The molecule has 58 valence electrons. The van der Waals surface area contributed by atoms with Crippen LogP contribution >= 0.6 is 0 Å². The Balaban J connectivity index is 2.84. The van der Waals surface area contributed by atoms with E-state index in [9.17, 15) is 0 Å². The van der Waals surface area contributed by atoms with Crippen molar-refractivity contribution in [2.24, 2.45) is 0 Å². The van der Waals surface area contributed by atoms with Gasteiger partial charge < -0.3 is 4.57 Å². The van der Waals surface area contributed by atoms with Crippen LogP contribution in [0.5, 0.6) is 0 Å². The van der Waals surface area contributed by atoms with E-state index in [1.54, 1.807) is 12.3 Å². The van der Waals surface area contributed by atoms with Gasteiger partial charge in [0.15, 0.2) is 0 Å². The van der Waals surface area contributed by atoms with Crippen molar-refractivity contribution in [3.8, 4) is 0 Å². The van der Waals surface area contributed by atoms with E-state index in [1.165, 1.54) is 0 Å². The van der Waals surface area contributed by atoms with E-state index in [0.717, 1.165) is 12.2 Å². The van der Waals surface area contributed by atoms with Crippen molar-refractivity contribution in [3.63, 3.8) is 0 Å².